The lowest BCUT2D eigenvalue weighted by atomic mass is 10.2. The van der Waals surface area contributed by atoms with Crippen molar-refractivity contribution in [2.24, 2.45) is 5.73 Å². The number of nitrogens with one attached hydrogen (secondary N) is 1. The maximum Gasteiger partial charge on any atom is 0.251 e. The summed E-state index contributed by atoms with van der Waals surface area (Å²) < 4.78 is 25.7. The smallest absolute Gasteiger partial charge is 0.251 e. The number of hydrogen-bond donors (Lipinski definition) is 2. The summed E-state index contributed by atoms with van der Waals surface area (Å²) in [5.41, 5.74) is 5.88. The van der Waals surface area contributed by atoms with Crippen LogP contribution < -0.4 is 11.1 Å². The summed E-state index contributed by atoms with van der Waals surface area (Å²) in [6.07, 6.45) is 0. The van der Waals surface area contributed by atoms with Gasteiger partial charge in [-0.2, -0.15) is 4.31 Å². The fourth-order valence-corrected chi connectivity index (χ4v) is 2.85. The van der Waals surface area contributed by atoms with Crippen molar-refractivity contribution in [1.82, 2.24) is 9.62 Å². The molecular weight excluding hydrogens is 266 g/mol. The maximum absolute atomic E-state index is 12.3. The van der Waals surface area contributed by atoms with Crippen molar-refractivity contribution in [3.8, 4) is 0 Å². The number of amides is 1. The zero-order valence-corrected chi connectivity index (χ0v) is 12.1. The van der Waals surface area contributed by atoms with Crippen LogP contribution in [0.15, 0.2) is 29.2 Å². The normalized spacial score (nSPS) is 13.3. The highest BCUT2D eigenvalue weighted by Crippen LogP contribution is 2.17. The summed E-state index contributed by atoms with van der Waals surface area (Å²) in [5.74, 6) is -0.257. The Morgan fingerprint density at radius 2 is 1.89 bits per heavy atom. The van der Waals surface area contributed by atoms with Crippen LogP contribution in [0.25, 0.3) is 0 Å². The molecule has 1 rings (SSSR count). The fourth-order valence-electron chi connectivity index (χ4n) is 1.47. The minimum Gasteiger partial charge on any atom is -0.355 e. The Hall–Kier alpha value is -1.44. The van der Waals surface area contributed by atoms with Gasteiger partial charge < -0.3 is 11.1 Å². The minimum atomic E-state index is -3.58. The molecule has 0 radical (unpaired) electrons. The molecule has 0 heterocycles. The van der Waals surface area contributed by atoms with Crippen LogP contribution in [0.3, 0.4) is 0 Å². The lowest BCUT2D eigenvalue weighted by Gasteiger charge is -2.23. The lowest BCUT2D eigenvalue weighted by Crippen LogP contribution is -2.39. The van der Waals surface area contributed by atoms with Crippen molar-refractivity contribution in [3.63, 3.8) is 0 Å². The summed E-state index contributed by atoms with van der Waals surface area (Å²) in [5, 5.41) is 2.47. The number of hydrogen-bond acceptors (Lipinski definition) is 4. The Morgan fingerprint density at radius 1 is 1.37 bits per heavy atom. The molecule has 0 bridgehead atoms. The third kappa shape index (κ3) is 3.31. The summed E-state index contributed by atoms with van der Waals surface area (Å²) in [6.45, 7) is 1.97. The Morgan fingerprint density at radius 3 is 2.32 bits per heavy atom. The molecule has 0 aliphatic heterocycles. The summed E-state index contributed by atoms with van der Waals surface area (Å²) in [6, 6.07) is 5.50. The van der Waals surface area contributed by atoms with Crippen molar-refractivity contribution in [2.75, 3.05) is 20.6 Å². The molecule has 106 valence electrons. The zero-order valence-electron chi connectivity index (χ0n) is 11.3. The number of benzene rings is 1. The number of carbonyl (C=O) groups excluding carboxylic acids is 1. The lowest BCUT2D eigenvalue weighted by molar-refractivity contribution is 0.0963. The molecule has 0 aliphatic rings. The molecular formula is C12H19N3O3S. The monoisotopic (exact) mass is 285 g/mol. The van der Waals surface area contributed by atoms with Gasteiger partial charge in [-0.1, -0.05) is 0 Å². The van der Waals surface area contributed by atoms with Gasteiger partial charge in [0, 0.05) is 32.2 Å². The van der Waals surface area contributed by atoms with Gasteiger partial charge in [-0.3, -0.25) is 4.79 Å². The molecule has 1 unspecified atom stereocenters. The molecule has 1 aromatic rings. The van der Waals surface area contributed by atoms with E-state index in [0.29, 0.717) is 5.56 Å². The van der Waals surface area contributed by atoms with E-state index in [4.69, 9.17) is 5.73 Å². The first kappa shape index (κ1) is 15.6. The number of nitrogens with two attached hydrogens (primary N) is 1. The molecule has 3 N–H and O–H groups in total. The fraction of sp³-hybridized carbons (Fsp3) is 0.417. The third-order valence-corrected chi connectivity index (χ3v) is 4.97. The first-order chi connectivity index (χ1) is 8.84. The van der Waals surface area contributed by atoms with Crippen molar-refractivity contribution in [3.05, 3.63) is 29.8 Å². The molecule has 7 heteroatoms. The van der Waals surface area contributed by atoms with Crippen LogP contribution in [0.1, 0.15) is 17.3 Å². The molecule has 1 aromatic carbocycles. The van der Waals surface area contributed by atoms with E-state index in [1.807, 2.05) is 0 Å². The number of nitrogens with zero attached hydrogens (tertiary/aromatic N) is 1. The van der Waals surface area contributed by atoms with Gasteiger partial charge in [-0.05, 0) is 31.2 Å². The van der Waals surface area contributed by atoms with Crippen molar-refractivity contribution >= 4 is 15.9 Å². The van der Waals surface area contributed by atoms with Crippen LogP contribution in [-0.2, 0) is 10.0 Å². The van der Waals surface area contributed by atoms with Crippen LogP contribution in [0.4, 0.5) is 0 Å². The summed E-state index contributed by atoms with van der Waals surface area (Å²) in [7, 11) is -0.575. The van der Waals surface area contributed by atoms with Crippen molar-refractivity contribution in [1.29, 1.82) is 0 Å². The third-order valence-electron chi connectivity index (χ3n) is 2.98. The second kappa shape index (κ2) is 6.14. The first-order valence-corrected chi connectivity index (χ1v) is 7.28. The van der Waals surface area contributed by atoms with E-state index < -0.39 is 10.0 Å². The van der Waals surface area contributed by atoms with E-state index >= 15 is 0 Å². The predicted octanol–water partition coefficient (Wildman–Crippen LogP) is 0.0139. The standard InChI is InChI=1S/C12H19N3O3S/c1-9(8-13)15(3)19(17,18)11-6-4-10(5-7-11)12(16)14-2/h4-7,9H,8,13H2,1-3H3,(H,14,16). The highest BCUT2D eigenvalue weighted by atomic mass is 32.2. The highest BCUT2D eigenvalue weighted by Gasteiger charge is 2.24. The summed E-state index contributed by atoms with van der Waals surface area (Å²) in [4.78, 5) is 11.5. The Balaban J connectivity index is 3.06. The number of sulfonamides is 1. The average molecular weight is 285 g/mol. The van der Waals surface area contributed by atoms with Crippen molar-refractivity contribution < 1.29 is 13.2 Å². The molecule has 0 aliphatic carbocycles. The van der Waals surface area contributed by atoms with Gasteiger partial charge in [0.15, 0.2) is 0 Å². The predicted molar refractivity (Wildman–Crippen MR) is 73.3 cm³/mol. The maximum atomic E-state index is 12.3. The van der Waals surface area contributed by atoms with E-state index in [0.717, 1.165) is 0 Å². The van der Waals surface area contributed by atoms with Crippen LogP contribution >= 0.6 is 0 Å². The second-order valence-electron chi connectivity index (χ2n) is 4.21. The molecule has 0 fully saturated rings. The van der Waals surface area contributed by atoms with E-state index in [-0.39, 0.29) is 23.4 Å². The molecule has 0 saturated heterocycles. The topological polar surface area (TPSA) is 92.5 Å². The van der Waals surface area contributed by atoms with Gasteiger partial charge in [-0.25, -0.2) is 8.42 Å². The largest absolute Gasteiger partial charge is 0.355 e. The van der Waals surface area contributed by atoms with Gasteiger partial charge >= 0.3 is 0 Å². The molecule has 0 aromatic heterocycles. The molecule has 6 nitrogen and oxygen atoms in total. The molecule has 19 heavy (non-hydrogen) atoms. The van der Waals surface area contributed by atoms with Gasteiger partial charge in [0.25, 0.3) is 5.91 Å². The number of likely N-dealkylation sites (N-methyl/N-ethyl adjacent to an activating group) is 1. The quantitative estimate of drug-likeness (QED) is 0.797. The van der Waals surface area contributed by atoms with E-state index in [1.165, 1.54) is 42.7 Å². The Bertz CT molecular complexity index is 540. The molecule has 1 atom stereocenters. The van der Waals surface area contributed by atoms with Gasteiger partial charge in [0.1, 0.15) is 0 Å². The van der Waals surface area contributed by atoms with Gasteiger partial charge in [-0.15, -0.1) is 0 Å². The first-order valence-electron chi connectivity index (χ1n) is 5.84. The Kier molecular flexibility index (Phi) is 5.04. The van der Waals surface area contributed by atoms with Crippen LogP contribution in [-0.4, -0.2) is 45.3 Å². The van der Waals surface area contributed by atoms with E-state index in [1.54, 1.807) is 6.92 Å². The minimum absolute atomic E-state index is 0.142. The van der Waals surface area contributed by atoms with Crippen LogP contribution in [0, 0.1) is 0 Å². The SMILES string of the molecule is CNC(=O)c1ccc(S(=O)(=O)N(C)C(C)CN)cc1. The highest BCUT2D eigenvalue weighted by molar-refractivity contribution is 7.89. The number of carbonyl (C=O) groups is 1. The second-order valence-corrected chi connectivity index (χ2v) is 6.21. The summed E-state index contributed by atoms with van der Waals surface area (Å²) >= 11 is 0. The van der Waals surface area contributed by atoms with Gasteiger partial charge in [0.2, 0.25) is 10.0 Å². The molecule has 0 saturated carbocycles. The van der Waals surface area contributed by atoms with Gasteiger partial charge in [0.05, 0.1) is 4.90 Å². The van der Waals surface area contributed by atoms with E-state index in [2.05, 4.69) is 5.32 Å². The number of rotatable bonds is 5. The van der Waals surface area contributed by atoms with Crippen LogP contribution in [0.2, 0.25) is 0 Å². The average Bonchev–Trinajstić information content (AvgIpc) is 2.44. The molecule has 0 spiro atoms. The van der Waals surface area contributed by atoms with Crippen molar-refractivity contribution in [2.45, 2.75) is 17.9 Å². The Labute approximate surface area is 113 Å². The zero-order chi connectivity index (χ0) is 14.6. The van der Waals surface area contributed by atoms with Crippen LogP contribution in [0.5, 0.6) is 0 Å². The van der Waals surface area contributed by atoms with E-state index in [9.17, 15) is 13.2 Å². The molecule has 1 amide bonds.